The van der Waals surface area contributed by atoms with Crippen LogP contribution in [0.3, 0.4) is 0 Å². The third kappa shape index (κ3) is 2.04. The summed E-state index contributed by atoms with van der Waals surface area (Å²) in [5.74, 6) is 0. The molecule has 0 fully saturated rings. The second kappa shape index (κ2) is 2.64. The molecule has 0 nitrogen and oxygen atoms in total. The van der Waals surface area contributed by atoms with Gasteiger partial charge in [0.1, 0.15) is 0 Å². The fraction of sp³-hybridized carbons (Fsp3) is 0.700. The molecule has 0 aromatic rings. The smallest absolute Gasteiger partial charge is 0.0223 e. The fourth-order valence-corrected chi connectivity index (χ4v) is 1.20. The van der Waals surface area contributed by atoms with Crippen LogP contribution in [0, 0.1) is 5.41 Å². The molecule has 0 aliphatic heterocycles. The van der Waals surface area contributed by atoms with E-state index in [-0.39, 0.29) is 0 Å². The molecule has 0 atom stereocenters. The van der Waals surface area contributed by atoms with Gasteiger partial charge in [-0.25, -0.2) is 0 Å². The molecule has 10 heavy (non-hydrogen) atoms. The Hall–Kier alpha value is -0.480. The molecule has 1 aliphatic carbocycles. The van der Waals surface area contributed by atoms with Gasteiger partial charge in [0, 0.05) is 0 Å². The summed E-state index contributed by atoms with van der Waals surface area (Å²) < 4.78 is 0. The normalized spacial score (nSPS) is 23.7. The number of hydrogen-bond donors (Lipinski definition) is 0. The van der Waals surface area contributed by atoms with Crippen molar-refractivity contribution >= 4 is 0 Å². The summed E-state index contributed by atoms with van der Waals surface area (Å²) in [6, 6.07) is 0. The van der Waals surface area contributed by atoms with Gasteiger partial charge in [-0.2, -0.15) is 0 Å². The van der Waals surface area contributed by atoms with E-state index in [1.807, 2.05) is 0 Å². The van der Waals surface area contributed by atoms with Crippen LogP contribution in [-0.2, 0) is 0 Å². The van der Waals surface area contributed by atoms with Gasteiger partial charge in [0.25, 0.3) is 0 Å². The molecule has 0 unspecified atom stereocenters. The Morgan fingerprint density at radius 3 is 2.90 bits per heavy atom. The lowest BCUT2D eigenvalue weighted by atomic mass is 9.85. The van der Waals surface area contributed by atoms with E-state index < -0.39 is 0 Å². The van der Waals surface area contributed by atoms with Crippen LogP contribution in [0.1, 0.15) is 40.0 Å². The molecule has 56 valence electrons. The monoisotopic (exact) mass is 136 g/mol. The zero-order chi connectivity index (χ0) is 7.61. The van der Waals surface area contributed by atoms with Gasteiger partial charge in [-0.05, 0) is 43.3 Å². The molecule has 0 aromatic carbocycles. The summed E-state index contributed by atoms with van der Waals surface area (Å²) in [6.45, 7) is 6.81. The van der Waals surface area contributed by atoms with Crippen LogP contribution < -0.4 is 0 Å². The Morgan fingerprint density at radius 1 is 1.50 bits per heavy atom. The zero-order valence-electron chi connectivity index (χ0n) is 7.20. The van der Waals surface area contributed by atoms with Crippen molar-refractivity contribution in [2.24, 2.45) is 5.41 Å². The summed E-state index contributed by atoms with van der Waals surface area (Å²) >= 11 is 0. The molecule has 0 spiro atoms. The van der Waals surface area contributed by atoms with Crippen LogP contribution in [-0.4, -0.2) is 0 Å². The number of hydrogen-bond acceptors (Lipinski definition) is 0. The molecule has 0 heteroatoms. The van der Waals surface area contributed by atoms with E-state index in [0.29, 0.717) is 5.41 Å². The lowest BCUT2D eigenvalue weighted by Crippen LogP contribution is -2.08. The summed E-state index contributed by atoms with van der Waals surface area (Å²) in [4.78, 5) is 0. The Labute approximate surface area is 63.6 Å². The van der Waals surface area contributed by atoms with E-state index in [1.54, 1.807) is 0 Å². The quantitative estimate of drug-likeness (QED) is 0.448. The summed E-state index contributed by atoms with van der Waals surface area (Å²) in [7, 11) is 0. The summed E-state index contributed by atoms with van der Waals surface area (Å²) in [5, 5.41) is 0. The van der Waals surface area contributed by atoms with Crippen molar-refractivity contribution in [2.75, 3.05) is 0 Å². The molecule has 1 aliphatic rings. The molecule has 0 amide bonds. The van der Waals surface area contributed by atoms with Crippen molar-refractivity contribution in [3.63, 3.8) is 0 Å². The van der Waals surface area contributed by atoms with Gasteiger partial charge < -0.3 is 0 Å². The molecule has 1 rings (SSSR count). The minimum atomic E-state index is 0.505. The predicted octanol–water partition coefficient (Wildman–Crippen LogP) is 3.30. The van der Waals surface area contributed by atoms with E-state index in [0.717, 1.165) is 0 Å². The maximum Gasteiger partial charge on any atom is -0.0223 e. The van der Waals surface area contributed by atoms with Crippen LogP contribution >= 0.6 is 0 Å². The highest BCUT2D eigenvalue weighted by Gasteiger charge is 2.16. The van der Waals surface area contributed by atoms with E-state index >= 15 is 0 Å². The van der Waals surface area contributed by atoms with Gasteiger partial charge in [0.05, 0.1) is 0 Å². The first-order valence-electron chi connectivity index (χ1n) is 4.01. The number of rotatable bonds is 0. The Morgan fingerprint density at radius 2 is 2.20 bits per heavy atom. The van der Waals surface area contributed by atoms with E-state index in [1.165, 1.54) is 24.8 Å². The largest absolute Gasteiger partial charge is 0.126 e. The fourth-order valence-electron chi connectivity index (χ4n) is 1.20. The van der Waals surface area contributed by atoms with Gasteiger partial charge in [-0.1, -0.05) is 13.8 Å². The lowest BCUT2D eigenvalue weighted by molar-refractivity contribution is 0.343. The Bertz CT molecular complexity index is 178. The topological polar surface area (TPSA) is 0 Å². The molecule has 0 bridgehead atoms. The minimum Gasteiger partial charge on any atom is -0.126 e. The van der Waals surface area contributed by atoms with Crippen LogP contribution in [0.15, 0.2) is 17.4 Å². The average Bonchev–Trinajstić information content (AvgIpc) is 1.94. The molecule has 0 heterocycles. The second-order valence-corrected chi connectivity index (χ2v) is 4.00. The van der Waals surface area contributed by atoms with Gasteiger partial charge in [-0.3, -0.25) is 0 Å². The van der Waals surface area contributed by atoms with Crippen molar-refractivity contribution in [1.82, 2.24) is 0 Å². The van der Waals surface area contributed by atoms with E-state index in [4.69, 9.17) is 0 Å². The van der Waals surface area contributed by atoms with Gasteiger partial charge in [-0.15, -0.1) is 5.73 Å². The zero-order valence-corrected chi connectivity index (χ0v) is 7.20. The highest BCUT2D eigenvalue weighted by Crippen LogP contribution is 2.30. The average molecular weight is 136 g/mol. The SMILES string of the molecule is CC1=C=CCC(C)(C)CC1. The maximum absolute atomic E-state index is 3.29. The van der Waals surface area contributed by atoms with Crippen LogP contribution in [0.4, 0.5) is 0 Å². The number of allylic oxidation sites excluding steroid dienone is 1. The van der Waals surface area contributed by atoms with E-state index in [2.05, 4.69) is 32.6 Å². The lowest BCUT2D eigenvalue weighted by Gasteiger charge is -2.20. The molecular formula is C10H16. The maximum atomic E-state index is 3.29. The van der Waals surface area contributed by atoms with Crippen LogP contribution in [0.2, 0.25) is 0 Å². The molecule has 0 radical (unpaired) electrons. The summed E-state index contributed by atoms with van der Waals surface area (Å²) in [5.41, 5.74) is 5.20. The van der Waals surface area contributed by atoms with Crippen molar-refractivity contribution < 1.29 is 0 Å². The van der Waals surface area contributed by atoms with Gasteiger partial charge in [0.2, 0.25) is 0 Å². The Balaban J connectivity index is 2.65. The highest BCUT2D eigenvalue weighted by atomic mass is 14.2. The third-order valence-electron chi connectivity index (χ3n) is 2.18. The standard InChI is InChI=1S/C10H16/c1-9-5-4-7-10(2,3)8-6-9/h4H,6-8H2,1-3H3. The van der Waals surface area contributed by atoms with E-state index in [9.17, 15) is 0 Å². The summed E-state index contributed by atoms with van der Waals surface area (Å²) in [6.07, 6.45) is 5.90. The molecule has 0 N–H and O–H groups in total. The van der Waals surface area contributed by atoms with Crippen molar-refractivity contribution in [3.8, 4) is 0 Å². The first-order chi connectivity index (χ1) is 4.60. The molecule has 0 saturated heterocycles. The van der Waals surface area contributed by atoms with Crippen LogP contribution in [0.5, 0.6) is 0 Å². The van der Waals surface area contributed by atoms with Crippen molar-refractivity contribution in [1.29, 1.82) is 0 Å². The predicted molar refractivity (Wildman–Crippen MR) is 44.9 cm³/mol. The van der Waals surface area contributed by atoms with Gasteiger partial charge in [0.15, 0.2) is 0 Å². The molecular weight excluding hydrogens is 120 g/mol. The van der Waals surface area contributed by atoms with Gasteiger partial charge >= 0.3 is 0 Å². The first-order valence-corrected chi connectivity index (χ1v) is 4.01. The molecule has 0 aromatic heterocycles. The third-order valence-corrected chi connectivity index (χ3v) is 2.18. The Kier molecular flexibility index (Phi) is 2.01. The second-order valence-electron chi connectivity index (χ2n) is 4.00. The minimum absolute atomic E-state index is 0.505. The highest BCUT2D eigenvalue weighted by molar-refractivity contribution is 5.03. The first kappa shape index (κ1) is 7.63. The molecule has 0 saturated carbocycles. The van der Waals surface area contributed by atoms with Crippen molar-refractivity contribution in [2.45, 2.75) is 40.0 Å². The van der Waals surface area contributed by atoms with Crippen molar-refractivity contribution in [3.05, 3.63) is 17.4 Å². The van der Waals surface area contributed by atoms with Crippen LogP contribution in [0.25, 0.3) is 0 Å².